The van der Waals surface area contributed by atoms with E-state index >= 15 is 0 Å². The number of rotatable bonds is 7. The molecule has 1 aliphatic rings. The van der Waals surface area contributed by atoms with Crippen LogP contribution in [0.2, 0.25) is 0 Å². The number of benzene rings is 1. The fraction of sp³-hybridized carbons (Fsp3) is 0.278. The fourth-order valence-electron chi connectivity index (χ4n) is 2.46. The van der Waals surface area contributed by atoms with Crippen molar-refractivity contribution in [3.63, 3.8) is 0 Å². The summed E-state index contributed by atoms with van der Waals surface area (Å²) in [4.78, 5) is 28.0. The number of nitrogens with zero attached hydrogens (tertiary/aromatic N) is 1. The number of carbonyl (C=O) groups is 2. The lowest BCUT2D eigenvalue weighted by atomic mass is 9.93. The zero-order chi connectivity index (χ0) is 18.4. The number of hydrogen-bond donors (Lipinski definition) is 2. The number of carboxylic acid groups (broad SMARTS) is 1. The standard InChI is InChI=1S/C18H19FN2O4/c1-3-15-18(4-2,9-10-20-15)25-17(24)14(16(22)23)11-21-13-7-5-12(19)6-8-13/h5-11,21H,3-4H2,1-2H3,(H,22,23). The summed E-state index contributed by atoms with van der Waals surface area (Å²) in [6, 6.07) is 5.28. The molecule has 1 unspecified atom stereocenters. The van der Waals surface area contributed by atoms with Gasteiger partial charge in [-0.3, -0.25) is 4.99 Å². The van der Waals surface area contributed by atoms with Gasteiger partial charge in [0.2, 0.25) is 0 Å². The number of hydrogen-bond acceptors (Lipinski definition) is 5. The van der Waals surface area contributed by atoms with Crippen LogP contribution < -0.4 is 5.32 Å². The van der Waals surface area contributed by atoms with E-state index < -0.39 is 28.9 Å². The van der Waals surface area contributed by atoms with E-state index in [0.29, 0.717) is 24.2 Å². The quantitative estimate of drug-likeness (QED) is 0.342. The minimum absolute atomic E-state index is 0.420. The van der Waals surface area contributed by atoms with Crippen molar-refractivity contribution in [2.24, 2.45) is 4.99 Å². The third kappa shape index (κ3) is 4.12. The lowest BCUT2D eigenvalue weighted by Gasteiger charge is -2.27. The first kappa shape index (κ1) is 18.4. The lowest BCUT2D eigenvalue weighted by Crippen LogP contribution is -2.40. The Morgan fingerprint density at radius 1 is 1.32 bits per heavy atom. The number of ether oxygens (including phenoxy) is 1. The summed E-state index contributed by atoms with van der Waals surface area (Å²) in [5, 5.41) is 12.0. The molecule has 0 amide bonds. The van der Waals surface area contributed by atoms with Gasteiger partial charge < -0.3 is 15.2 Å². The molecule has 1 atom stereocenters. The minimum Gasteiger partial charge on any atom is -0.477 e. The highest BCUT2D eigenvalue weighted by Gasteiger charge is 2.38. The third-order valence-electron chi connectivity index (χ3n) is 3.88. The van der Waals surface area contributed by atoms with Crippen LogP contribution in [0.1, 0.15) is 26.7 Å². The predicted octanol–water partition coefficient (Wildman–Crippen LogP) is 3.28. The van der Waals surface area contributed by atoms with Crippen LogP contribution in [-0.4, -0.2) is 28.4 Å². The Hall–Kier alpha value is -2.96. The second kappa shape index (κ2) is 7.74. The maximum atomic E-state index is 12.9. The Morgan fingerprint density at radius 3 is 2.56 bits per heavy atom. The van der Waals surface area contributed by atoms with Gasteiger partial charge in [0.15, 0.2) is 11.2 Å². The van der Waals surface area contributed by atoms with E-state index in [9.17, 15) is 19.1 Å². The number of carbonyl (C=O) groups excluding carboxylic acids is 1. The molecule has 0 spiro atoms. The molecule has 0 saturated heterocycles. The molecule has 2 N–H and O–H groups in total. The molecule has 2 rings (SSSR count). The maximum Gasteiger partial charge on any atom is 0.348 e. The summed E-state index contributed by atoms with van der Waals surface area (Å²) in [5.74, 6) is -2.82. The van der Waals surface area contributed by atoms with Crippen LogP contribution in [0.25, 0.3) is 0 Å². The Bertz CT molecular complexity index is 753. The Labute approximate surface area is 144 Å². The molecule has 132 valence electrons. The monoisotopic (exact) mass is 346 g/mol. The Morgan fingerprint density at radius 2 is 2.00 bits per heavy atom. The number of aliphatic imine (C=N–C) groups is 1. The topological polar surface area (TPSA) is 88.0 Å². The van der Waals surface area contributed by atoms with Gasteiger partial charge in [-0.05, 0) is 43.2 Å². The predicted molar refractivity (Wildman–Crippen MR) is 91.7 cm³/mol. The summed E-state index contributed by atoms with van der Waals surface area (Å²) in [6.45, 7) is 3.71. The smallest absolute Gasteiger partial charge is 0.348 e. The van der Waals surface area contributed by atoms with E-state index in [1.807, 2.05) is 13.8 Å². The minimum atomic E-state index is -1.43. The molecule has 1 heterocycles. The van der Waals surface area contributed by atoms with Gasteiger partial charge in [-0.2, -0.15) is 0 Å². The summed E-state index contributed by atoms with van der Waals surface area (Å²) in [7, 11) is 0. The van der Waals surface area contributed by atoms with Crippen LogP contribution in [0.5, 0.6) is 0 Å². The summed E-state index contributed by atoms with van der Waals surface area (Å²) >= 11 is 0. The van der Waals surface area contributed by atoms with E-state index in [4.69, 9.17) is 4.74 Å². The van der Waals surface area contributed by atoms with E-state index in [1.165, 1.54) is 24.3 Å². The van der Waals surface area contributed by atoms with Crippen LogP contribution in [-0.2, 0) is 14.3 Å². The molecule has 1 aromatic rings. The third-order valence-corrected chi connectivity index (χ3v) is 3.88. The molecule has 1 aromatic carbocycles. The molecule has 0 aliphatic carbocycles. The van der Waals surface area contributed by atoms with E-state index in [2.05, 4.69) is 10.3 Å². The molecule has 0 saturated carbocycles. The number of halogens is 1. The van der Waals surface area contributed by atoms with Crippen molar-refractivity contribution in [2.45, 2.75) is 32.3 Å². The highest BCUT2D eigenvalue weighted by Crippen LogP contribution is 2.28. The second-order valence-corrected chi connectivity index (χ2v) is 5.39. The first-order valence-corrected chi connectivity index (χ1v) is 7.85. The molecule has 0 aromatic heterocycles. The van der Waals surface area contributed by atoms with Gasteiger partial charge in [-0.25, -0.2) is 14.0 Å². The molecule has 1 aliphatic heterocycles. The molecular formula is C18H19FN2O4. The van der Waals surface area contributed by atoms with Gasteiger partial charge in [0.05, 0.1) is 5.71 Å². The van der Waals surface area contributed by atoms with Crippen molar-refractivity contribution in [3.8, 4) is 0 Å². The zero-order valence-corrected chi connectivity index (χ0v) is 14.0. The fourth-order valence-corrected chi connectivity index (χ4v) is 2.46. The number of nitrogens with one attached hydrogen (secondary N) is 1. The van der Waals surface area contributed by atoms with Crippen molar-refractivity contribution in [3.05, 3.63) is 54.1 Å². The molecule has 0 bridgehead atoms. The van der Waals surface area contributed by atoms with Crippen LogP contribution >= 0.6 is 0 Å². The van der Waals surface area contributed by atoms with E-state index in [1.54, 1.807) is 12.3 Å². The molecule has 25 heavy (non-hydrogen) atoms. The van der Waals surface area contributed by atoms with Crippen LogP contribution in [0.15, 0.2) is 53.3 Å². The number of aliphatic carboxylic acids is 1. The summed E-state index contributed by atoms with van der Waals surface area (Å²) in [5.41, 5.74) is -0.474. The van der Waals surface area contributed by atoms with Gasteiger partial charge in [0.25, 0.3) is 0 Å². The summed E-state index contributed by atoms with van der Waals surface area (Å²) < 4.78 is 18.4. The van der Waals surface area contributed by atoms with Crippen molar-refractivity contribution >= 4 is 23.3 Å². The lowest BCUT2D eigenvalue weighted by molar-refractivity contribution is -0.149. The van der Waals surface area contributed by atoms with Gasteiger partial charge in [-0.15, -0.1) is 0 Å². The Kier molecular flexibility index (Phi) is 5.69. The van der Waals surface area contributed by atoms with Crippen LogP contribution in [0.3, 0.4) is 0 Å². The highest BCUT2D eigenvalue weighted by atomic mass is 19.1. The van der Waals surface area contributed by atoms with Crippen LogP contribution in [0, 0.1) is 5.82 Å². The average Bonchev–Trinajstić information content (AvgIpc) is 2.99. The zero-order valence-electron chi connectivity index (χ0n) is 14.0. The molecular weight excluding hydrogens is 327 g/mol. The SMILES string of the molecule is CCC1=NC=CC1(CC)OC(=O)C(=CNc1ccc(F)cc1)C(=O)O. The maximum absolute atomic E-state index is 12.9. The number of esters is 1. The molecule has 7 heteroatoms. The highest BCUT2D eigenvalue weighted by molar-refractivity contribution is 6.14. The Balaban J connectivity index is 2.19. The largest absolute Gasteiger partial charge is 0.477 e. The van der Waals surface area contributed by atoms with Crippen molar-refractivity contribution < 1.29 is 23.8 Å². The summed E-state index contributed by atoms with van der Waals surface area (Å²) in [6.07, 6.45) is 5.25. The first-order valence-electron chi connectivity index (χ1n) is 7.85. The van der Waals surface area contributed by atoms with Gasteiger partial charge in [0.1, 0.15) is 5.82 Å². The van der Waals surface area contributed by atoms with Crippen molar-refractivity contribution in [2.75, 3.05) is 5.32 Å². The van der Waals surface area contributed by atoms with E-state index in [0.717, 1.165) is 6.20 Å². The average molecular weight is 346 g/mol. The molecule has 0 fully saturated rings. The second-order valence-electron chi connectivity index (χ2n) is 5.39. The normalized spacial score (nSPS) is 19.5. The van der Waals surface area contributed by atoms with Crippen LogP contribution in [0.4, 0.5) is 10.1 Å². The molecule has 0 radical (unpaired) electrons. The number of carboxylic acids is 1. The van der Waals surface area contributed by atoms with Gasteiger partial charge in [0, 0.05) is 18.1 Å². The van der Waals surface area contributed by atoms with Gasteiger partial charge in [-0.1, -0.05) is 13.8 Å². The van der Waals surface area contributed by atoms with Crippen molar-refractivity contribution in [1.29, 1.82) is 0 Å². The number of anilines is 1. The first-order chi connectivity index (χ1) is 11.9. The van der Waals surface area contributed by atoms with E-state index in [-0.39, 0.29) is 0 Å². The molecule has 6 nitrogen and oxygen atoms in total. The van der Waals surface area contributed by atoms with Crippen molar-refractivity contribution in [1.82, 2.24) is 0 Å². The van der Waals surface area contributed by atoms with Gasteiger partial charge >= 0.3 is 11.9 Å².